The number of benzene rings is 4. The van der Waals surface area contributed by atoms with Crippen LogP contribution in [0.4, 0.5) is 0 Å². The molecule has 194 valence electrons. The number of nitrogens with zero attached hydrogens (tertiary/aromatic N) is 1. The lowest BCUT2D eigenvalue weighted by Gasteiger charge is -2.16. The van der Waals surface area contributed by atoms with Crippen LogP contribution in [-0.4, -0.2) is 5.71 Å². The van der Waals surface area contributed by atoms with Gasteiger partial charge in [0.15, 0.2) is 0 Å². The van der Waals surface area contributed by atoms with Gasteiger partial charge >= 0.3 is 0 Å². The fraction of sp³-hybridized carbons (Fsp3) is 0.0513. The Hall–Kier alpha value is -5.01. The smallest absolute Gasteiger partial charge is 0.0781 e. The summed E-state index contributed by atoms with van der Waals surface area (Å²) in [6.07, 6.45) is 13.5. The number of aliphatic imine (C=N–C) groups is 1. The van der Waals surface area contributed by atoms with E-state index in [1.165, 1.54) is 5.56 Å². The molecule has 0 bridgehead atoms. The van der Waals surface area contributed by atoms with Crippen molar-refractivity contribution in [2.75, 3.05) is 0 Å². The topological polar surface area (TPSA) is 12.4 Å². The fourth-order valence-electron chi connectivity index (χ4n) is 4.75. The highest BCUT2D eigenvalue weighted by molar-refractivity contribution is 6.31. The average Bonchev–Trinajstić information content (AvgIpc) is 3.32. The van der Waals surface area contributed by atoms with E-state index in [4.69, 9.17) is 4.99 Å². The van der Waals surface area contributed by atoms with E-state index in [1.54, 1.807) is 0 Å². The van der Waals surface area contributed by atoms with Crippen LogP contribution < -0.4 is 0 Å². The largest absolute Gasteiger partial charge is 0.247 e. The van der Waals surface area contributed by atoms with Gasteiger partial charge in [0.05, 0.1) is 11.4 Å². The lowest BCUT2D eigenvalue weighted by Crippen LogP contribution is -2.06. The minimum Gasteiger partial charge on any atom is -0.247 e. The second-order valence-electron chi connectivity index (χ2n) is 9.74. The van der Waals surface area contributed by atoms with E-state index in [9.17, 15) is 0 Å². The SMILES string of the molecule is C=Cc1ccc(-c2ccc(C(=C)C(=N/C(C3=CC=CCC=C3)=C(\C)c3ccccc3)c3ccccc3)cc2)cc1. The first-order valence-corrected chi connectivity index (χ1v) is 13.6. The highest BCUT2D eigenvalue weighted by atomic mass is 14.8. The Labute approximate surface area is 238 Å². The first-order chi connectivity index (χ1) is 19.6. The van der Waals surface area contributed by atoms with Gasteiger partial charge < -0.3 is 0 Å². The number of hydrogen-bond donors (Lipinski definition) is 0. The molecule has 0 radical (unpaired) electrons. The quantitative estimate of drug-likeness (QED) is 0.207. The molecule has 0 aromatic heterocycles. The summed E-state index contributed by atoms with van der Waals surface area (Å²) < 4.78 is 0. The predicted molar refractivity (Wildman–Crippen MR) is 174 cm³/mol. The summed E-state index contributed by atoms with van der Waals surface area (Å²) in [7, 11) is 0. The van der Waals surface area contributed by atoms with Gasteiger partial charge in [-0.25, -0.2) is 4.99 Å². The normalized spacial score (nSPS) is 13.7. The summed E-state index contributed by atoms with van der Waals surface area (Å²) >= 11 is 0. The molecule has 0 heterocycles. The molecular weight excluding hydrogens is 482 g/mol. The zero-order chi connectivity index (χ0) is 27.7. The average molecular weight is 516 g/mol. The summed E-state index contributed by atoms with van der Waals surface area (Å²) in [6.45, 7) is 10.6. The molecule has 0 fully saturated rings. The maximum absolute atomic E-state index is 5.40. The molecule has 0 amide bonds. The summed E-state index contributed by atoms with van der Waals surface area (Å²) in [5, 5.41) is 0. The Bertz CT molecular complexity index is 1640. The van der Waals surface area contributed by atoms with E-state index in [-0.39, 0.29) is 0 Å². The Kier molecular flexibility index (Phi) is 8.44. The van der Waals surface area contributed by atoms with Gasteiger partial charge in [-0.05, 0) is 46.7 Å². The molecular formula is C39H33N. The number of hydrogen-bond acceptors (Lipinski definition) is 1. The van der Waals surface area contributed by atoms with Crippen molar-refractivity contribution < 1.29 is 0 Å². The first kappa shape index (κ1) is 26.6. The third kappa shape index (κ3) is 6.17. The van der Waals surface area contributed by atoms with Crippen molar-refractivity contribution in [3.63, 3.8) is 0 Å². The third-order valence-corrected chi connectivity index (χ3v) is 7.09. The molecule has 0 saturated carbocycles. The minimum atomic E-state index is 0.858. The van der Waals surface area contributed by atoms with Crippen LogP contribution in [0.3, 0.4) is 0 Å². The van der Waals surface area contributed by atoms with E-state index in [1.807, 2.05) is 18.2 Å². The molecule has 0 saturated heterocycles. The van der Waals surface area contributed by atoms with E-state index in [0.717, 1.165) is 62.4 Å². The van der Waals surface area contributed by atoms with Crippen molar-refractivity contribution in [3.05, 3.63) is 186 Å². The summed E-state index contributed by atoms with van der Waals surface area (Å²) in [4.78, 5) is 5.40. The van der Waals surface area contributed by atoms with Gasteiger partial charge in [0, 0.05) is 16.7 Å². The Balaban J connectivity index is 1.61. The van der Waals surface area contributed by atoms with Gasteiger partial charge in [-0.3, -0.25) is 0 Å². The lowest BCUT2D eigenvalue weighted by atomic mass is 9.94. The molecule has 1 aliphatic carbocycles. The van der Waals surface area contributed by atoms with Gasteiger partial charge in [0.25, 0.3) is 0 Å². The molecule has 0 N–H and O–H groups in total. The van der Waals surface area contributed by atoms with Gasteiger partial charge in [0.2, 0.25) is 0 Å². The highest BCUT2D eigenvalue weighted by Crippen LogP contribution is 2.30. The second-order valence-corrected chi connectivity index (χ2v) is 9.74. The highest BCUT2D eigenvalue weighted by Gasteiger charge is 2.15. The van der Waals surface area contributed by atoms with Crippen molar-refractivity contribution >= 4 is 22.9 Å². The lowest BCUT2D eigenvalue weighted by molar-refractivity contribution is 1.31. The summed E-state index contributed by atoms with van der Waals surface area (Å²) in [5.41, 5.74) is 11.5. The Morgan fingerprint density at radius 1 is 0.700 bits per heavy atom. The van der Waals surface area contributed by atoms with Crippen molar-refractivity contribution in [1.82, 2.24) is 0 Å². The number of allylic oxidation sites excluding steroid dienone is 7. The molecule has 40 heavy (non-hydrogen) atoms. The van der Waals surface area contributed by atoms with Crippen LogP contribution in [0.25, 0.3) is 28.3 Å². The van der Waals surface area contributed by atoms with Crippen LogP contribution in [0.1, 0.15) is 35.6 Å². The minimum absolute atomic E-state index is 0.858. The van der Waals surface area contributed by atoms with Crippen molar-refractivity contribution in [3.8, 4) is 11.1 Å². The molecule has 5 rings (SSSR count). The first-order valence-electron chi connectivity index (χ1n) is 13.6. The summed E-state index contributed by atoms with van der Waals surface area (Å²) in [6, 6.07) is 37.8. The standard InChI is InChI=1S/C39H33N/c1-4-31-21-23-34(24-22-31)35-27-25-33(26-28-35)30(3)39(37-19-13-8-14-20-37)40-38(36-17-9-5-6-10-18-36)29(2)32-15-11-7-12-16-32/h4-5,7-28H,1,3,6H2,2H3/b38-29+,40-39?. The zero-order valence-corrected chi connectivity index (χ0v) is 22.9. The number of rotatable bonds is 8. The van der Waals surface area contributed by atoms with Crippen molar-refractivity contribution in [2.45, 2.75) is 13.3 Å². The molecule has 1 heteroatoms. The van der Waals surface area contributed by atoms with E-state index >= 15 is 0 Å². The van der Waals surface area contributed by atoms with E-state index < -0.39 is 0 Å². The molecule has 4 aromatic carbocycles. The third-order valence-electron chi connectivity index (χ3n) is 7.09. The molecule has 1 nitrogen and oxygen atoms in total. The van der Waals surface area contributed by atoms with Crippen LogP contribution in [-0.2, 0) is 0 Å². The van der Waals surface area contributed by atoms with E-state index in [0.29, 0.717) is 0 Å². The molecule has 1 aliphatic rings. The zero-order valence-electron chi connectivity index (χ0n) is 22.9. The monoisotopic (exact) mass is 515 g/mol. The van der Waals surface area contributed by atoms with Crippen LogP contribution in [0, 0.1) is 0 Å². The van der Waals surface area contributed by atoms with Gasteiger partial charge in [-0.2, -0.15) is 0 Å². The molecule has 0 atom stereocenters. The molecule has 0 aliphatic heterocycles. The van der Waals surface area contributed by atoms with Crippen molar-refractivity contribution in [2.24, 2.45) is 4.99 Å². The molecule has 0 spiro atoms. The second kappa shape index (κ2) is 12.7. The van der Waals surface area contributed by atoms with Crippen LogP contribution in [0.2, 0.25) is 0 Å². The maximum atomic E-state index is 5.40. The molecule has 0 unspecified atom stereocenters. The Morgan fingerprint density at radius 3 is 1.93 bits per heavy atom. The van der Waals surface area contributed by atoms with E-state index in [2.05, 4.69) is 148 Å². The summed E-state index contributed by atoms with van der Waals surface area (Å²) in [5.74, 6) is 0. The van der Waals surface area contributed by atoms with Crippen LogP contribution in [0.15, 0.2) is 169 Å². The Morgan fingerprint density at radius 2 is 1.30 bits per heavy atom. The van der Waals surface area contributed by atoms with Crippen molar-refractivity contribution in [1.29, 1.82) is 0 Å². The van der Waals surface area contributed by atoms with Crippen LogP contribution >= 0.6 is 0 Å². The van der Waals surface area contributed by atoms with Gasteiger partial charge in [0.1, 0.15) is 0 Å². The fourth-order valence-corrected chi connectivity index (χ4v) is 4.75. The molecule has 4 aromatic rings. The van der Waals surface area contributed by atoms with Gasteiger partial charge in [-0.15, -0.1) is 0 Å². The van der Waals surface area contributed by atoms with Crippen LogP contribution in [0.5, 0.6) is 0 Å². The van der Waals surface area contributed by atoms with Gasteiger partial charge in [-0.1, -0.05) is 159 Å². The predicted octanol–water partition coefficient (Wildman–Crippen LogP) is 10.4. The maximum Gasteiger partial charge on any atom is 0.0781 e.